The van der Waals surface area contributed by atoms with Crippen LogP contribution < -0.4 is 10.1 Å². The molecule has 134 valence electrons. The molecule has 0 radical (unpaired) electrons. The molecule has 6 heteroatoms. The zero-order valence-corrected chi connectivity index (χ0v) is 14.9. The molecule has 1 aliphatic rings. The average molecular weight is 342 g/mol. The lowest BCUT2D eigenvalue weighted by molar-refractivity contribution is -0.124. The Morgan fingerprint density at radius 2 is 2.16 bits per heavy atom. The molecule has 25 heavy (non-hydrogen) atoms. The second kappa shape index (κ2) is 8.14. The first-order chi connectivity index (χ1) is 12.1. The van der Waals surface area contributed by atoms with Crippen LogP contribution >= 0.6 is 0 Å². The van der Waals surface area contributed by atoms with Crippen molar-refractivity contribution < 1.29 is 9.53 Å². The minimum Gasteiger partial charge on any atom is -0.474 e. The molecule has 1 amide bonds. The van der Waals surface area contributed by atoms with Gasteiger partial charge in [-0.2, -0.15) is 0 Å². The van der Waals surface area contributed by atoms with Gasteiger partial charge in [-0.15, -0.1) is 0 Å². The molecule has 2 aromatic heterocycles. The standard InChI is InChI=1S/C19H26N4O2/c1-14-3-5-17(6-4-14)25-18-11-16(7-8-21-18)12-22-19(24)15(2)23-10-9-20-13-23/h7-11,13-15,17H,3-6,12H2,1-2H3,(H,22,24)/t14?,15-,17?/m1/s1. The average Bonchev–Trinajstić information content (AvgIpc) is 3.16. The van der Waals surface area contributed by atoms with E-state index in [1.165, 1.54) is 12.8 Å². The molecule has 1 fully saturated rings. The van der Waals surface area contributed by atoms with E-state index in [-0.39, 0.29) is 18.1 Å². The van der Waals surface area contributed by atoms with Gasteiger partial charge >= 0.3 is 0 Å². The molecule has 0 unspecified atom stereocenters. The highest BCUT2D eigenvalue weighted by atomic mass is 16.5. The van der Waals surface area contributed by atoms with E-state index in [9.17, 15) is 4.79 Å². The molecular weight excluding hydrogens is 316 g/mol. The van der Waals surface area contributed by atoms with Gasteiger partial charge in [-0.1, -0.05) is 6.92 Å². The van der Waals surface area contributed by atoms with Crippen LogP contribution in [0.5, 0.6) is 5.88 Å². The smallest absolute Gasteiger partial charge is 0.243 e. The van der Waals surface area contributed by atoms with Crippen LogP contribution in [0.2, 0.25) is 0 Å². The van der Waals surface area contributed by atoms with Crippen molar-refractivity contribution in [2.24, 2.45) is 5.92 Å². The third-order valence-electron chi connectivity index (χ3n) is 4.87. The number of rotatable bonds is 6. The Labute approximate surface area is 148 Å². The number of aromatic nitrogens is 3. The molecule has 1 aliphatic carbocycles. The van der Waals surface area contributed by atoms with Crippen LogP contribution in [-0.2, 0) is 11.3 Å². The zero-order chi connectivity index (χ0) is 17.6. The van der Waals surface area contributed by atoms with E-state index in [1.807, 2.05) is 19.1 Å². The molecule has 0 spiro atoms. The van der Waals surface area contributed by atoms with Gasteiger partial charge < -0.3 is 14.6 Å². The fraction of sp³-hybridized carbons (Fsp3) is 0.526. The molecule has 0 aromatic carbocycles. The molecule has 0 bridgehead atoms. The van der Waals surface area contributed by atoms with Crippen molar-refractivity contribution in [3.63, 3.8) is 0 Å². The van der Waals surface area contributed by atoms with Crippen LogP contribution in [0.25, 0.3) is 0 Å². The molecule has 0 saturated heterocycles. The summed E-state index contributed by atoms with van der Waals surface area (Å²) in [5.74, 6) is 1.40. The van der Waals surface area contributed by atoms with Gasteiger partial charge in [-0.05, 0) is 50.2 Å². The van der Waals surface area contributed by atoms with E-state index in [2.05, 4.69) is 22.2 Å². The predicted octanol–water partition coefficient (Wildman–Crippen LogP) is 3.11. The normalized spacial score (nSPS) is 21.5. The minimum absolute atomic E-state index is 0.0430. The first-order valence-electron chi connectivity index (χ1n) is 8.98. The number of ether oxygens (including phenoxy) is 1. The van der Waals surface area contributed by atoms with Crippen LogP contribution in [0.4, 0.5) is 0 Å². The van der Waals surface area contributed by atoms with E-state index < -0.39 is 0 Å². The van der Waals surface area contributed by atoms with Gasteiger partial charge in [0.15, 0.2) is 0 Å². The molecule has 6 nitrogen and oxygen atoms in total. The van der Waals surface area contributed by atoms with Gasteiger partial charge in [0.05, 0.1) is 6.33 Å². The van der Waals surface area contributed by atoms with Crippen LogP contribution in [-0.4, -0.2) is 26.5 Å². The lowest BCUT2D eigenvalue weighted by Crippen LogP contribution is -2.30. The quantitative estimate of drug-likeness (QED) is 0.876. The summed E-state index contributed by atoms with van der Waals surface area (Å²) in [4.78, 5) is 20.5. The van der Waals surface area contributed by atoms with Gasteiger partial charge in [0.2, 0.25) is 11.8 Å². The summed E-state index contributed by atoms with van der Waals surface area (Å²) >= 11 is 0. The van der Waals surface area contributed by atoms with E-state index in [4.69, 9.17) is 4.74 Å². The van der Waals surface area contributed by atoms with Crippen LogP contribution in [0.1, 0.15) is 51.1 Å². The number of hydrogen-bond acceptors (Lipinski definition) is 4. The zero-order valence-electron chi connectivity index (χ0n) is 14.9. The number of hydrogen-bond donors (Lipinski definition) is 1. The number of pyridine rings is 1. The summed E-state index contributed by atoms with van der Waals surface area (Å²) in [6.45, 7) is 4.60. The van der Waals surface area contributed by atoms with Crippen LogP contribution in [0, 0.1) is 5.92 Å². The first-order valence-corrected chi connectivity index (χ1v) is 8.98. The van der Waals surface area contributed by atoms with Crippen molar-refractivity contribution >= 4 is 5.91 Å². The summed E-state index contributed by atoms with van der Waals surface area (Å²) in [7, 11) is 0. The highest BCUT2D eigenvalue weighted by molar-refractivity contribution is 5.79. The number of imidazole rings is 1. The monoisotopic (exact) mass is 342 g/mol. The second-order valence-electron chi connectivity index (χ2n) is 6.91. The lowest BCUT2D eigenvalue weighted by atomic mass is 9.89. The van der Waals surface area contributed by atoms with Crippen molar-refractivity contribution in [2.45, 2.75) is 58.2 Å². The van der Waals surface area contributed by atoms with E-state index in [0.717, 1.165) is 24.3 Å². The Balaban J connectivity index is 1.52. The fourth-order valence-electron chi connectivity index (χ4n) is 3.11. The first kappa shape index (κ1) is 17.5. The Bertz CT molecular complexity index is 678. The molecule has 2 aromatic rings. The maximum atomic E-state index is 12.2. The van der Waals surface area contributed by atoms with Crippen molar-refractivity contribution in [1.29, 1.82) is 0 Å². The van der Waals surface area contributed by atoms with Gasteiger partial charge in [-0.25, -0.2) is 9.97 Å². The largest absolute Gasteiger partial charge is 0.474 e. The van der Waals surface area contributed by atoms with E-state index >= 15 is 0 Å². The molecule has 1 atom stereocenters. The van der Waals surface area contributed by atoms with Gasteiger partial charge in [-0.3, -0.25) is 4.79 Å². The third-order valence-corrected chi connectivity index (χ3v) is 4.87. The SMILES string of the molecule is CC1CCC(Oc2cc(CNC(=O)[C@@H](C)n3ccnc3)ccn2)CC1. The topological polar surface area (TPSA) is 69.0 Å². The Kier molecular flexibility index (Phi) is 5.68. The molecule has 2 heterocycles. The third kappa shape index (κ3) is 4.81. The van der Waals surface area contributed by atoms with Gasteiger partial charge in [0.1, 0.15) is 12.1 Å². The Morgan fingerprint density at radius 3 is 2.88 bits per heavy atom. The molecule has 1 N–H and O–H groups in total. The Hall–Kier alpha value is -2.37. The van der Waals surface area contributed by atoms with Crippen molar-refractivity contribution in [3.05, 3.63) is 42.6 Å². The summed E-state index contributed by atoms with van der Waals surface area (Å²) in [5, 5.41) is 2.95. The molecule has 3 rings (SSSR count). The predicted molar refractivity (Wildman–Crippen MR) is 95.1 cm³/mol. The highest BCUT2D eigenvalue weighted by Crippen LogP contribution is 2.26. The Morgan fingerprint density at radius 1 is 1.36 bits per heavy atom. The lowest BCUT2D eigenvalue weighted by Gasteiger charge is -2.26. The fourth-order valence-corrected chi connectivity index (χ4v) is 3.11. The molecule has 0 aliphatic heterocycles. The molecular formula is C19H26N4O2. The number of carbonyl (C=O) groups excluding carboxylic acids is 1. The molecule has 1 saturated carbocycles. The number of carbonyl (C=O) groups is 1. The minimum atomic E-state index is -0.288. The summed E-state index contributed by atoms with van der Waals surface area (Å²) < 4.78 is 7.80. The summed E-state index contributed by atoms with van der Waals surface area (Å²) in [6, 6.07) is 3.53. The van der Waals surface area contributed by atoms with Crippen molar-refractivity contribution in [1.82, 2.24) is 19.9 Å². The number of amides is 1. The highest BCUT2D eigenvalue weighted by Gasteiger charge is 2.20. The second-order valence-corrected chi connectivity index (χ2v) is 6.91. The van der Waals surface area contributed by atoms with E-state index in [0.29, 0.717) is 12.4 Å². The van der Waals surface area contributed by atoms with Crippen LogP contribution in [0.3, 0.4) is 0 Å². The van der Waals surface area contributed by atoms with Crippen molar-refractivity contribution in [3.8, 4) is 5.88 Å². The number of nitrogens with zero attached hydrogens (tertiary/aromatic N) is 3. The summed E-state index contributed by atoms with van der Waals surface area (Å²) in [6.07, 6.45) is 11.7. The summed E-state index contributed by atoms with van der Waals surface area (Å²) in [5.41, 5.74) is 0.986. The maximum absolute atomic E-state index is 12.2. The van der Waals surface area contributed by atoms with Gasteiger partial charge in [0.25, 0.3) is 0 Å². The van der Waals surface area contributed by atoms with Crippen LogP contribution in [0.15, 0.2) is 37.1 Å². The number of nitrogens with one attached hydrogen (secondary N) is 1. The van der Waals surface area contributed by atoms with E-state index in [1.54, 1.807) is 29.5 Å². The van der Waals surface area contributed by atoms with Gasteiger partial charge in [0, 0.05) is 31.2 Å². The van der Waals surface area contributed by atoms with Crippen molar-refractivity contribution in [2.75, 3.05) is 0 Å². The maximum Gasteiger partial charge on any atom is 0.243 e.